The van der Waals surface area contributed by atoms with Gasteiger partial charge in [0.1, 0.15) is 0 Å². The van der Waals surface area contributed by atoms with Crippen molar-refractivity contribution in [1.82, 2.24) is 0 Å². The summed E-state index contributed by atoms with van der Waals surface area (Å²) in [5.74, 6) is 0.0860. The third-order valence-electron chi connectivity index (χ3n) is 3.29. The zero-order valence-electron chi connectivity index (χ0n) is 9.19. The normalized spacial score (nSPS) is 18.2. The van der Waals surface area contributed by atoms with E-state index in [1.165, 1.54) is 0 Å². The van der Waals surface area contributed by atoms with Gasteiger partial charge in [-0.15, -0.1) is 0 Å². The number of ketones is 1. The molecule has 0 heterocycles. The highest BCUT2D eigenvalue weighted by Crippen LogP contribution is 2.37. The maximum absolute atomic E-state index is 12.3. The minimum atomic E-state index is -0.0638. The Balaban J connectivity index is 2.06. The summed E-state index contributed by atoms with van der Waals surface area (Å²) in [4.78, 5) is 12.3. The number of fused-ring (bicyclic) bond motifs is 1. The summed E-state index contributed by atoms with van der Waals surface area (Å²) < 4.78 is 0. The van der Waals surface area contributed by atoms with Crippen molar-refractivity contribution in [3.05, 3.63) is 70.2 Å². The number of rotatable bonds is 1. The number of benzene rings is 2. The van der Waals surface area contributed by atoms with Gasteiger partial charge >= 0.3 is 0 Å². The summed E-state index contributed by atoms with van der Waals surface area (Å²) in [6.07, 6.45) is 0.763. The minimum absolute atomic E-state index is 0.0638. The van der Waals surface area contributed by atoms with Crippen LogP contribution in [0, 0.1) is 0 Å². The first kappa shape index (κ1) is 10.5. The molecular formula is C15H11ClO. The van der Waals surface area contributed by atoms with Gasteiger partial charge in [-0.25, -0.2) is 0 Å². The smallest absolute Gasteiger partial charge is 0.172 e. The molecule has 1 aliphatic rings. The molecular weight excluding hydrogens is 232 g/mol. The van der Waals surface area contributed by atoms with Crippen molar-refractivity contribution in [2.75, 3.05) is 0 Å². The van der Waals surface area contributed by atoms with Gasteiger partial charge in [-0.1, -0.05) is 54.1 Å². The molecule has 2 aromatic carbocycles. The van der Waals surface area contributed by atoms with Gasteiger partial charge < -0.3 is 0 Å². The predicted molar refractivity (Wildman–Crippen MR) is 68.7 cm³/mol. The molecule has 17 heavy (non-hydrogen) atoms. The number of carbonyl (C=O) groups is 1. The van der Waals surface area contributed by atoms with E-state index < -0.39 is 0 Å². The molecule has 0 aromatic heterocycles. The standard InChI is InChI=1S/C15H11ClO/c16-13-8-4-7-11-9-12(15(17)14(11)13)10-5-2-1-3-6-10/h1-8,12H,9H2. The Morgan fingerprint density at radius 3 is 2.47 bits per heavy atom. The van der Waals surface area contributed by atoms with E-state index in [1.54, 1.807) is 6.07 Å². The molecule has 0 amide bonds. The van der Waals surface area contributed by atoms with Gasteiger partial charge in [0.25, 0.3) is 0 Å². The molecule has 1 atom stereocenters. The topological polar surface area (TPSA) is 17.1 Å². The van der Waals surface area contributed by atoms with Crippen molar-refractivity contribution < 1.29 is 4.79 Å². The van der Waals surface area contributed by atoms with Gasteiger partial charge in [-0.05, 0) is 23.6 Å². The van der Waals surface area contributed by atoms with E-state index in [0.717, 1.165) is 17.5 Å². The summed E-state index contributed by atoms with van der Waals surface area (Å²) in [6.45, 7) is 0. The Labute approximate surface area is 105 Å². The van der Waals surface area contributed by atoms with Gasteiger partial charge in [0.2, 0.25) is 0 Å². The average molecular weight is 243 g/mol. The van der Waals surface area contributed by atoms with Crippen molar-refractivity contribution >= 4 is 17.4 Å². The lowest BCUT2D eigenvalue weighted by molar-refractivity contribution is 0.0973. The maximum Gasteiger partial charge on any atom is 0.172 e. The van der Waals surface area contributed by atoms with Gasteiger partial charge in [-0.3, -0.25) is 4.79 Å². The molecule has 0 aliphatic heterocycles. The monoisotopic (exact) mass is 242 g/mol. The first-order chi connectivity index (χ1) is 8.27. The second-order valence-corrected chi connectivity index (χ2v) is 4.71. The van der Waals surface area contributed by atoms with Gasteiger partial charge in [-0.2, -0.15) is 0 Å². The van der Waals surface area contributed by atoms with Crippen LogP contribution in [0.25, 0.3) is 0 Å². The van der Waals surface area contributed by atoms with Crippen LogP contribution in [-0.4, -0.2) is 5.78 Å². The molecule has 0 fully saturated rings. The highest BCUT2D eigenvalue weighted by atomic mass is 35.5. The number of hydrogen-bond acceptors (Lipinski definition) is 1. The molecule has 1 nitrogen and oxygen atoms in total. The van der Waals surface area contributed by atoms with E-state index in [1.807, 2.05) is 42.5 Å². The molecule has 0 spiro atoms. The van der Waals surface area contributed by atoms with Crippen molar-refractivity contribution in [1.29, 1.82) is 0 Å². The highest BCUT2D eigenvalue weighted by molar-refractivity contribution is 6.34. The van der Waals surface area contributed by atoms with Crippen molar-refractivity contribution in [3.63, 3.8) is 0 Å². The van der Waals surface area contributed by atoms with E-state index in [0.29, 0.717) is 10.6 Å². The predicted octanol–water partition coefficient (Wildman–Crippen LogP) is 3.86. The minimum Gasteiger partial charge on any atom is -0.293 e. The third kappa shape index (κ3) is 1.67. The molecule has 1 unspecified atom stereocenters. The van der Waals surface area contributed by atoms with Crippen molar-refractivity contribution in [3.8, 4) is 0 Å². The first-order valence-electron chi connectivity index (χ1n) is 5.64. The highest BCUT2D eigenvalue weighted by Gasteiger charge is 2.32. The SMILES string of the molecule is O=C1c2c(Cl)cccc2CC1c1ccccc1. The average Bonchev–Trinajstić information content (AvgIpc) is 2.69. The molecule has 1 aliphatic carbocycles. The molecule has 2 aromatic rings. The Morgan fingerprint density at radius 2 is 1.76 bits per heavy atom. The molecule has 84 valence electrons. The van der Waals surface area contributed by atoms with Crippen molar-refractivity contribution in [2.45, 2.75) is 12.3 Å². The van der Waals surface area contributed by atoms with Crippen LogP contribution in [0.5, 0.6) is 0 Å². The second-order valence-electron chi connectivity index (χ2n) is 4.31. The Kier molecular flexibility index (Phi) is 2.49. The zero-order valence-corrected chi connectivity index (χ0v) is 9.95. The van der Waals surface area contributed by atoms with Crippen LogP contribution in [0.1, 0.15) is 27.4 Å². The zero-order chi connectivity index (χ0) is 11.8. The fourth-order valence-electron chi connectivity index (χ4n) is 2.46. The van der Waals surface area contributed by atoms with E-state index in [4.69, 9.17) is 11.6 Å². The van der Waals surface area contributed by atoms with Crippen molar-refractivity contribution in [2.24, 2.45) is 0 Å². The second kappa shape index (κ2) is 4.01. The summed E-state index contributed by atoms with van der Waals surface area (Å²) in [5.41, 5.74) is 2.85. The van der Waals surface area contributed by atoms with Crippen LogP contribution in [0.3, 0.4) is 0 Å². The number of carbonyl (C=O) groups excluding carboxylic acids is 1. The lowest BCUT2D eigenvalue weighted by atomic mass is 9.95. The Hall–Kier alpha value is -1.60. The summed E-state index contributed by atoms with van der Waals surface area (Å²) in [7, 11) is 0. The van der Waals surface area contributed by atoms with E-state index in [2.05, 4.69) is 0 Å². The first-order valence-corrected chi connectivity index (χ1v) is 6.01. The van der Waals surface area contributed by atoms with E-state index in [-0.39, 0.29) is 11.7 Å². The molecule has 0 saturated carbocycles. The summed E-state index contributed by atoms with van der Waals surface area (Å²) >= 11 is 6.10. The molecule has 0 saturated heterocycles. The van der Waals surface area contributed by atoms with Crippen LogP contribution < -0.4 is 0 Å². The lowest BCUT2D eigenvalue weighted by Crippen LogP contribution is -2.06. The van der Waals surface area contributed by atoms with Crippen LogP contribution in [0.4, 0.5) is 0 Å². The molecule has 0 bridgehead atoms. The third-order valence-corrected chi connectivity index (χ3v) is 3.60. The molecule has 0 radical (unpaired) electrons. The van der Waals surface area contributed by atoms with Crippen LogP contribution in [-0.2, 0) is 6.42 Å². The number of Topliss-reactive ketones (excluding diaryl/α,β-unsaturated/α-hetero) is 1. The van der Waals surface area contributed by atoms with Crippen LogP contribution in [0.2, 0.25) is 5.02 Å². The van der Waals surface area contributed by atoms with Gasteiger partial charge in [0.05, 0.1) is 10.9 Å². The molecule has 3 rings (SSSR count). The molecule has 2 heteroatoms. The number of hydrogen-bond donors (Lipinski definition) is 0. The summed E-state index contributed by atoms with van der Waals surface area (Å²) in [6, 6.07) is 15.6. The Morgan fingerprint density at radius 1 is 1.00 bits per heavy atom. The molecule has 0 N–H and O–H groups in total. The Bertz CT molecular complexity index is 575. The lowest BCUT2D eigenvalue weighted by Gasteiger charge is -2.07. The van der Waals surface area contributed by atoms with E-state index >= 15 is 0 Å². The van der Waals surface area contributed by atoms with Crippen LogP contribution in [0.15, 0.2) is 48.5 Å². The number of halogens is 1. The maximum atomic E-state index is 12.3. The fraction of sp³-hybridized carbons (Fsp3) is 0.133. The quantitative estimate of drug-likeness (QED) is 0.742. The van der Waals surface area contributed by atoms with Gasteiger partial charge in [0, 0.05) is 5.56 Å². The summed E-state index contributed by atoms with van der Waals surface area (Å²) in [5, 5.41) is 0.575. The van der Waals surface area contributed by atoms with E-state index in [9.17, 15) is 4.79 Å². The van der Waals surface area contributed by atoms with Crippen LogP contribution >= 0.6 is 11.6 Å². The largest absolute Gasteiger partial charge is 0.293 e. The fourth-order valence-corrected chi connectivity index (χ4v) is 2.74. The van der Waals surface area contributed by atoms with Gasteiger partial charge in [0.15, 0.2) is 5.78 Å².